The van der Waals surface area contributed by atoms with Crippen LogP contribution in [0.3, 0.4) is 0 Å². The summed E-state index contributed by atoms with van der Waals surface area (Å²) in [5.74, 6) is 0.904. The van der Waals surface area contributed by atoms with Gasteiger partial charge in [0.05, 0.1) is 23.9 Å². The van der Waals surface area contributed by atoms with Crippen LogP contribution in [0, 0.1) is 0 Å². The Bertz CT molecular complexity index is 705. The molecule has 0 unspecified atom stereocenters. The Morgan fingerprint density at radius 1 is 1.10 bits per heavy atom. The topological polar surface area (TPSA) is 25.4 Å². The number of hydrogen-bond acceptors (Lipinski definition) is 4. The van der Waals surface area contributed by atoms with E-state index in [9.17, 15) is 0 Å². The van der Waals surface area contributed by atoms with E-state index in [2.05, 4.69) is 47.3 Å². The van der Waals surface area contributed by atoms with Gasteiger partial charge in [0, 0.05) is 6.54 Å². The van der Waals surface area contributed by atoms with Crippen molar-refractivity contribution in [1.29, 1.82) is 0 Å². The number of thiazole rings is 1. The van der Waals surface area contributed by atoms with Gasteiger partial charge < -0.3 is 4.74 Å². The Morgan fingerprint density at radius 2 is 1.95 bits per heavy atom. The first-order chi connectivity index (χ1) is 10.2. The second kappa shape index (κ2) is 6.24. The van der Waals surface area contributed by atoms with E-state index in [0.29, 0.717) is 0 Å². The highest BCUT2D eigenvalue weighted by Crippen LogP contribution is 2.23. The molecule has 2 aromatic carbocycles. The summed E-state index contributed by atoms with van der Waals surface area (Å²) >= 11 is 1.77. The zero-order chi connectivity index (χ0) is 14.7. The van der Waals surface area contributed by atoms with Gasteiger partial charge in [0.2, 0.25) is 0 Å². The normalized spacial score (nSPS) is 11.2. The highest BCUT2D eigenvalue weighted by atomic mass is 32.1. The molecule has 21 heavy (non-hydrogen) atoms. The Hall–Kier alpha value is -1.91. The van der Waals surface area contributed by atoms with E-state index in [1.54, 1.807) is 18.4 Å². The van der Waals surface area contributed by atoms with Crippen molar-refractivity contribution in [3.8, 4) is 5.75 Å². The van der Waals surface area contributed by atoms with Crippen LogP contribution < -0.4 is 4.74 Å². The van der Waals surface area contributed by atoms with Crippen LogP contribution in [0.2, 0.25) is 0 Å². The first-order valence-electron chi connectivity index (χ1n) is 6.90. The van der Waals surface area contributed by atoms with Gasteiger partial charge in [-0.3, -0.25) is 4.90 Å². The minimum Gasteiger partial charge on any atom is -0.497 e. The summed E-state index contributed by atoms with van der Waals surface area (Å²) < 4.78 is 6.52. The largest absolute Gasteiger partial charge is 0.497 e. The molecule has 0 amide bonds. The van der Waals surface area contributed by atoms with Gasteiger partial charge in [-0.05, 0) is 36.9 Å². The predicted octanol–water partition coefficient (Wildman–Crippen LogP) is 3.94. The van der Waals surface area contributed by atoms with Crippen molar-refractivity contribution in [3.05, 3.63) is 59.1 Å². The van der Waals surface area contributed by atoms with Crippen LogP contribution in [-0.2, 0) is 13.1 Å². The summed E-state index contributed by atoms with van der Waals surface area (Å²) in [6.45, 7) is 1.74. The molecule has 0 fully saturated rings. The molecule has 0 atom stereocenters. The van der Waals surface area contributed by atoms with Gasteiger partial charge in [-0.2, -0.15) is 0 Å². The van der Waals surface area contributed by atoms with Crippen LogP contribution in [0.25, 0.3) is 10.2 Å². The zero-order valence-corrected chi connectivity index (χ0v) is 13.1. The van der Waals surface area contributed by atoms with E-state index >= 15 is 0 Å². The van der Waals surface area contributed by atoms with E-state index in [1.165, 1.54) is 10.3 Å². The molecule has 0 N–H and O–H groups in total. The highest BCUT2D eigenvalue weighted by molar-refractivity contribution is 7.18. The monoisotopic (exact) mass is 298 g/mol. The minimum absolute atomic E-state index is 0.858. The molecule has 0 saturated carbocycles. The Morgan fingerprint density at radius 3 is 2.76 bits per heavy atom. The fourth-order valence-electron chi connectivity index (χ4n) is 2.36. The first-order valence-corrected chi connectivity index (χ1v) is 7.72. The van der Waals surface area contributed by atoms with Crippen LogP contribution >= 0.6 is 11.3 Å². The van der Waals surface area contributed by atoms with E-state index in [1.807, 2.05) is 18.2 Å². The second-order valence-electron chi connectivity index (χ2n) is 5.10. The third-order valence-corrected chi connectivity index (χ3v) is 4.35. The maximum atomic E-state index is 5.27. The number of para-hydroxylation sites is 1. The van der Waals surface area contributed by atoms with Crippen molar-refractivity contribution in [2.45, 2.75) is 13.1 Å². The third-order valence-electron chi connectivity index (χ3n) is 3.33. The van der Waals surface area contributed by atoms with Crippen LogP contribution in [-0.4, -0.2) is 24.0 Å². The summed E-state index contributed by atoms with van der Waals surface area (Å²) in [4.78, 5) is 6.95. The number of methoxy groups -OCH3 is 1. The lowest BCUT2D eigenvalue weighted by molar-refractivity contribution is 0.318. The van der Waals surface area contributed by atoms with E-state index in [0.717, 1.165) is 29.4 Å². The summed E-state index contributed by atoms with van der Waals surface area (Å²) in [7, 11) is 3.81. The van der Waals surface area contributed by atoms with Gasteiger partial charge in [-0.1, -0.05) is 24.3 Å². The quantitative estimate of drug-likeness (QED) is 0.713. The van der Waals surface area contributed by atoms with Crippen molar-refractivity contribution in [3.63, 3.8) is 0 Å². The molecule has 0 bridgehead atoms. The van der Waals surface area contributed by atoms with Gasteiger partial charge in [0.15, 0.2) is 0 Å². The van der Waals surface area contributed by atoms with Crippen LogP contribution in [0.1, 0.15) is 10.6 Å². The zero-order valence-electron chi connectivity index (χ0n) is 12.2. The number of benzene rings is 2. The first kappa shape index (κ1) is 14.0. The van der Waals surface area contributed by atoms with Gasteiger partial charge in [-0.15, -0.1) is 11.3 Å². The number of aromatic nitrogens is 1. The fraction of sp³-hybridized carbons (Fsp3) is 0.235. The molecule has 0 aliphatic rings. The lowest BCUT2D eigenvalue weighted by atomic mass is 10.2. The summed E-state index contributed by atoms with van der Waals surface area (Å²) in [5, 5.41) is 1.15. The second-order valence-corrected chi connectivity index (χ2v) is 6.21. The maximum absolute atomic E-state index is 5.27. The molecule has 108 valence electrons. The molecule has 0 spiro atoms. The van der Waals surface area contributed by atoms with Gasteiger partial charge in [-0.25, -0.2) is 4.98 Å². The molecule has 3 rings (SSSR count). The molecule has 4 heteroatoms. The standard InChI is InChI=1S/C17H18N2OS/c1-19(11-13-6-5-7-14(10-13)20-2)12-17-18-15-8-3-4-9-16(15)21-17/h3-10H,11-12H2,1-2H3. The number of hydrogen-bond donors (Lipinski definition) is 0. The maximum Gasteiger partial charge on any atom is 0.119 e. The van der Waals surface area contributed by atoms with Crippen LogP contribution in [0.4, 0.5) is 0 Å². The fourth-order valence-corrected chi connectivity index (χ4v) is 3.40. The number of ether oxygens (including phenoxy) is 1. The lowest BCUT2D eigenvalue weighted by Crippen LogP contribution is -2.17. The van der Waals surface area contributed by atoms with Crippen LogP contribution in [0.5, 0.6) is 5.75 Å². The molecular weight excluding hydrogens is 280 g/mol. The van der Waals surface area contributed by atoms with Crippen molar-refractivity contribution in [1.82, 2.24) is 9.88 Å². The Labute approximate surface area is 128 Å². The molecule has 0 aliphatic heterocycles. The molecule has 3 aromatic rings. The average molecular weight is 298 g/mol. The molecule has 0 aliphatic carbocycles. The predicted molar refractivity (Wildman–Crippen MR) is 87.8 cm³/mol. The molecule has 1 aromatic heterocycles. The lowest BCUT2D eigenvalue weighted by Gasteiger charge is -2.15. The van der Waals surface area contributed by atoms with E-state index in [4.69, 9.17) is 4.74 Å². The minimum atomic E-state index is 0.858. The Balaban J connectivity index is 1.69. The summed E-state index contributed by atoms with van der Waals surface area (Å²) in [5.41, 5.74) is 2.34. The molecule has 0 saturated heterocycles. The summed E-state index contributed by atoms with van der Waals surface area (Å²) in [6.07, 6.45) is 0. The Kier molecular flexibility index (Phi) is 4.18. The highest BCUT2D eigenvalue weighted by Gasteiger charge is 2.07. The van der Waals surface area contributed by atoms with Crippen LogP contribution in [0.15, 0.2) is 48.5 Å². The third kappa shape index (κ3) is 3.40. The van der Waals surface area contributed by atoms with Crippen molar-refractivity contribution >= 4 is 21.6 Å². The van der Waals surface area contributed by atoms with Gasteiger partial charge in [0.25, 0.3) is 0 Å². The summed E-state index contributed by atoms with van der Waals surface area (Å²) in [6, 6.07) is 16.5. The SMILES string of the molecule is COc1cccc(CN(C)Cc2nc3ccccc3s2)c1. The van der Waals surface area contributed by atoms with Crippen molar-refractivity contribution < 1.29 is 4.74 Å². The number of fused-ring (bicyclic) bond motifs is 1. The van der Waals surface area contributed by atoms with Crippen molar-refractivity contribution in [2.24, 2.45) is 0 Å². The van der Waals surface area contributed by atoms with Crippen molar-refractivity contribution in [2.75, 3.05) is 14.2 Å². The van der Waals surface area contributed by atoms with E-state index < -0.39 is 0 Å². The van der Waals surface area contributed by atoms with E-state index in [-0.39, 0.29) is 0 Å². The van der Waals surface area contributed by atoms with Gasteiger partial charge in [0.1, 0.15) is 10.8 Å². The average Bonchev–Trinajstić information content (AvgIpc) is 2.89. The smallest absolute Gasteiger partial charge is 0.119 e. The molecule has 1 heterocycles. The molecule has 0 radical (unpaired) electrons. The van der Waals surface area contributed by atoms with Gasteiger partial charge >= 0.3 is 0 Å². The number of rotatable bonds is 5. The molecule has 3 nitrogen and oxygen atoms in total. The molecular formula is C17H18N2OS. The number of nitrogens with zero attached hydrogens (tertiary/aromatic N) is 2.